The van der Waals surface area contributed by atoms with Gasteiger partial charge in [-0.2, -0.15) is 0 Å². The maximum absolute atomic E-state index is 13.0. The topological polar surface area (TPSA) is 67.8 Å². The quantitative estimate of drug-likeness (QED) is 0.704. The third kappa shape index (κ3) is 2.18. The summed E-state index contributed by atoms with van der Waals surface area (Å²) in [6, 6.07) is 6.16. The fraction of sp³-hybridized carbons (Fsp3) is 0. The predicted octanol–water partition coefficient (Wildman–Crippen LogP) is 3.85. The van der Waals surface area contributed by atoms with Crippen molar-refractivity contribution >= 4 is 28.6 Å². The Kier molecular flexibility index (Phi) is 2.92. The molecule has 0 bridgehead atoms. The number of benzene rings is 1. The molecule has 0 aliphatic carbocycles. The summed E-state index contributed by atoms with van der Waals surface area (Å²) in [4.78, 5) is 0.186. The monoisotopic (exact) mass is 293 g/mol. The molecule has 3 N–H and O–H groups in total. The van der Waals surface area contributed by atoms with E-state index >= 15 is 0 Å². The molecule has 0 aliphatic heterocycles. The van der Waals surface area contributed by atoms with E-state index in [2.05, 4.69) is 10.2 Å². The highest BCUT2D eigenvalue weighted by atomic mass is 32.1. The van der Waals surface area contributed by atoms with Crippen molar-refractivity contribution in [3.8, 4) is 22.6 Å². The largest absolute Gasteiger partial charge is 0.409 e. The molecule has 0 unspecified atom stereocenters. The van der Waals surface area contributed by atoms with Gasteiger partial charge in [0.2, 0.25) is 5.89 Å². The molecule has 0 saturated heterocycles. The lowest BCUT2D eigenvalue weighted by Gasteiger charge is -2.01. The van der Waals surface area contributed by atoms with Crippen LogP contribution < -0.4 is 5.73 Å². The van der Waals surface area contributed by atoms with Gasteiger partial charge < -0.3 is 10.2 Å². The van der Waals surface area contributed by atoms with Crippen molar-refractivity contribution in [1.82, 2.24) is 10.2 Å². The van der Waals surface area contributed by atoms with E-state index in [-0.39, 0.29) is 10.7 Å². The van der Waals surface area contributed by atoms with Crippen molar-refractivity contribution in [3.63, 3.8) is 0 Å². The lowest BCUT2D eigenvalue weighted by atomic mass is 10.0. The molecule has 1 aromatic carbocycles. The van der Waals surface area contributed by atoms with Crippen LogP contribution in [0.4, 0.5) is 9.39 Å². The molecule has 3 aromatic rings. The number of thiophene rings is 1. The van der Waals surface area contributed by atoms with Crippen LogP contribution in [0.5, 0.6) is 0 Å². The second kappa shape index (κ2) is 4.60. The maximum Gasteiger partial charge on any atom is 0.284 e. The molecule has 0 amide bonds. The number of nitrogen functional groups attached to an aromatic ring is 1. The van der Waals surface area contributed by atoms with E-state index in [1.54, 1.807) is 12.1 Å². The highest BCUT2D eigenvalue weighted by Gasteiger charge is 2.17. The Labute approximate surface area is 116 Å². The first-order valence-electron chi connectivity index (χ1n) is 5.34. The van der Waals surface area contributed by atoms with Gasteiger partial charge in [0.05, 0.1) is 10.6 Å². The summed E-state index contributed by atoms with van der Waals surface area (Å²) in [6.45, 7) is 0. The molecule has 19 heavy (non-hydrogen) atoms. The molecule has 0 spiro atoms. The van der Waals surface area contributed by atoms with E-state index in [9.17, 15) is 4.39 Å². The van der Waals surface area contributed by atoms with E-state index in [1.165, 1.54) is 23.5 Å². The number of nitrogens with zero attached hydrogens (tertiary/aromatic N) is 1. The van der Waals surface area contributed by atoms with Crippen molar-refractivity contribution in [2.75, 3.05) is 5.73 Å². The van der Waals surface area contributed by atoms with Crippen molar-refractivity contribution in [3.05, 3.63) is 40.3 Å². The van der Waals surface area contributed by atoms with E-state index in [1.807, 2.05) is 5.38 Å². The molecule has 96 valence electrons. The zero-order valence-corrected chi connectivity index (χ0v) is 11.1. The van der Waals surface area contributed by atoms with E-state index in [4.69, 9.17) is 22.4 Å². The molecule has 2 aromatic heterocycles. The van der Waals surface area contributed by atoms with Crippen molar-refractivity contribution in [2.45, 2.75) is 0 Å². The van der Waals surface area contributed by atoms with Crippen molar-refractivity contribution < 1.29 is 8.81 Å². The fourth-order valence-corrected chi connectivity index (χ4v) is 2.71. The Morgan fingerprint density at radius 3 is 2.68 bits per heavy atom. The number of hydrogen-bond donors (Lipinski definition) is 2. The summed E-state index contributed by atoms with van der Waals surface area (Å²) in [5, 5.41) is 8.99. The minimum Gasteiger partial charge on any atom is -0.409 e. The normalized spacial score (nSPS) is 10.8. The standard InChI is InChI=1S/C12H8FN3OS2/c13-7-3-1-6(2-4-7)8-5-19-10(14)9(8)11-15-16-12(18)17-11/h1-5H,14H2,(H,16,18). The van der Waals surface area contributed by atoms with Crippen LogP contribution in [0.15, 0.2) is 34.1 Å². The summed E-state index contributed by atoms with van der Waals surface area (Å²) in [6.07, 6.45) is 0. The zero-order chi connectivity index (χ0) is 13.4. The molecular formula is C12H8FN3OS2. The number of aromatic amines is 1. The molecular weight excluding hydrogens is 285 g/mol. The van der Waals surface area contributed by atoms with Crippen molar-refractivity contribution in [2.24, 2.45) is 0 Å². The predicted molar refractivity (Wildman–Crippen MR) is 74.8 cm³/mol. The van der Waals surface area contributed by atoms with Crippen LogP contribution in [-0.4, -0.2) is 10.2 Å². The van der Waals surface area contributed by atoms with Crippen LogP contribution in [0.1, 0.15) is 0 Å². The second-order valence-corrected chi connectivity index (χ2v) is 5.10. The molecule has 7 heteroatoms. The number of halogens is 1. The van der Waals surface area contributed by atoms with Gasteiger partial charge in [-0.1, -0.05) is 12.1 Å². The summed E-state index contributed by atoms with van der Waals surface area (Å²) < 4.78 is 18.3. The SMILES string of the molecule is Nc1scc(-c2ccc(F)cc2)c1-c1n[nH]c(=S)o1. The Morgan fingerprint density at radius 2 is 2.05 bits per heavy atom. The summed E-state index contributed by atoms with van der Waals surface area (Å²) in [7, 11) is 0. The average molecular weight is 293 g/mol. The van der Waals surface area contributed by atoms with Gasteiger partial charge >= 0.3 is 0 Å². The Morgan fingerprint density at radius 1 is 1.32 bits per heavy atom. The van der Waals surface area contributed by atoms with Crippen LogP contribution in [0, 0.1) is 10.7 Å². The number of H-pyrrole nitrogens is 1. The van der Waals surface area contributed by atoms with Crippen LogP contribution in [-0.2, 0) is 0 Å². The smallest absolute Gasteiger partial charge is 0.284 e. The van der Waals surface area contributed by atoms with Gasteiger partial charge in [-0.15, -0.1) is 16.4 Å². The van der Waals surface area contributed by atoms with Crippen LogP contribution in [0.25, 0.3) is 22.6 Å². The Hall–Kier alpha value is -1.99. The molecule has 0 atom stereocenters. The second-order valence-electron chi connectivity index (χ2n) is 3.81. The third-order valence-electron chi connectivity index (χ3n) is 2.63. The lowest BCUT2D eigenvalue weighted by molar-refractivity contribution is 0.552. The van der Waals surface area contributed by atoms with E-state index in [0.717, 1.165) is 11.1 Å². The van der Waals surface area contributed by atoms with Crippen LogP contribution >= 0.6 is 23.6 Å². The first-order chi connectivity index (χ1) is 9.15. The minimum absolute atomic E-state index is 0.186. The van der Waals surface area contributed by atoms with Gasteiger partial charge in [0.15, 0.2) is 0 Å². The fourth-order valence-electron chi connectivity index (χ4n) is 1.77. The highest BCUT2D eigenvalue weighted by molar-refractivity contribution is 7.71. The van der Waals surface area contributed by atoms with Gasteiger partial charge in [0.1, 0.15) is 5.82 Å². The van der Waals surface area contributed by atoms with Gasteiger partial charge in [-0.05, 0) is 29.9 Å². The molecule has 0 saturated carbocycles. The zero-order valence-electron chi connectivity index (χ0n) is 9.51. The van der Waals surface area contributed by atoms with E-state index < -0.39 is 0 Å². The molecule has 4 nitrogen and oxygen atoms in total. The Balaban J connectivity index is 2.18. The maximum atomic E-state index is 13.0. The third-order valence-corrected chi connectivity index (χ3v) is 3.61. The van der Waals surface area contributed by atoms with Gasteiger partial charge in [-0.3, -0.25) is 0 Å². The number of nitrogens with one attached hydrogen (secondary N) is 1. The molecule has 3 rings (SSSR count). The van der Waals surface area contributed by atoms with Crippen molar-refractivity contribution in [1.29, 1.82) is 0 Å². The summed E-state index contributed by atoms with van der Waals surface area (Å²) in [5.74, 6) is 0.0499. The van der Waals surface area contributed by atoms with Crippen LogP contribution in [0.2, 0.25) is 0 Å². The van der Waals surface area contributed by atoms with Gasteiger partial charge in [0, 0.05) is 10.9 Å². The van der Waals surface area contributed by atoms with Gasteiger partial charge in [0.25, 0.3) is 4.84 Å². The van der Waals surface area contributed by atoms with Crippen LogP contribution in [0.3, 0.4) is 0 Å². The Bertz CT molecular complexity index is 773. The molecule has 0 radical (unpaired) electrons. The molecule has 0 aliphatic rings. The molecule has 2 heterocycles. The van der Waals surface area contributed by atoms with E-state index in [0.29, 0.717) is 16.5 Å². The first kappa shape index (κ1) is 12.1. The van der Waals surface area contributed by atoms with Gasteiger partial charge in [-0.25, -0.2) is 9.49 Å². The number of hydrogen-bond acceptors (Lipinski definition) is 5. The number of rotatable bonds is 2. The average Bonchev–Trinajstić information content (AvgIpc) is 2.96. The minimum atomic E-state index is -0.286. The number of aromatic nitrogens is 2. The number of nitrogens with two attached hydrogens (primary N) is 1. The highest BCUT2D eigenvalue weighted by Crippen LogP contribution is 2.40. The summed E-state index contributed by atoms with van der Waals surface area (Å²) in [5.41, 5.74) is 8.30. The first-order valence-corrected chi connectivity index (χ1v) is 6.63. The lowest BCUT2D eigenvalue weighted by Crippen LogP contribution is -1.87. The molecule has 0 fully saturated rings. The number of anilines is 1. The summed E-state index contributed by atoms with van der Waals surface area (Å²) >= 11 is 6.23.